The minimum atomic E-state index is 0.00451. The molecule has 2 N–H and O–H groups in total. The molecule has 116 valence electrons. The molecule has 2 rings (SSSR count). The van der Waals surface area contributed by atoms with Crippen LogP contribution in [0.4, 0.5) is 0 Å². The first-order valence-corrected chi connectivity index (χ1v) is 7.69. The van der Waals surface area contributed by atoms with E-state index >= 15 is 0 Å². The van der Waals surface area contributed by atoms with Gasteiger partial charge in [0.2, 0.25) is 0 Å². The molecule has 1 aromatic rings. The van der Waals surface area contributed by atoms with Crippen molar-refractivity contribution in [2.45, 2.75) is 46.6 Å². The topological polar surface area (TPSA) is 65.2 Å². The first kappa shape index (κ1) is 15.8. The van der Waals surface area contributed by atoms with Crippen LogP contribution in [0.25, 0.3) is 0 Å². The molecule has 1 atom stereocenters. The summed E-state index contributed by atoms with van der Waals surface area (Å²) in [5.74, 6) is 0.0172. The Balaban J connectivity index is 2.32. The number of rotatable bonds is 5. The zero-order chi connectivity index (χ0) is 15.6. The number of nitrogens with one attached hydrogen (secondary N) is 2. The fourth-order valence-electron chi connectivity index (χ4n) is 3.23. The van der Waals surface area contributed by atoms with Crippen LogP contribution in [0.2, 0.25) is 0 Å². The number of aromatic nitrogens is 1. The molecule has 1 unspecified atom stereocenters. The number of carbonyl (C=O) groups is 2. The second-order valence-electron chi connectivity index (χ2n) is 5.83. The molecule has 1 fully saturated rings. The van der Waals surface area contributed by atoms with E-state index in [1.54, 1.807) is 6.92 Å². The van der Waals surface area contributed by atoms with Crippen LogP contribution in [-0.2, 0) is 0 Å². The van der Waals surface area contributed by atoms with E-state index in [9.17, 15) is 9.59 Å². The Hall–Kier alpha value is -1.62. The fourth-order valence-corrected chi connectivity index (χ4v) is 3.23. The molecule has 0 spiro atoms. The minimum Gasteiger partial charge on any atom is -0.354 e. The van der Waals surface area contributed by atoms with Gasteiger partial charge in [-0.1, -0.05) is 6.92 Å². The number of nitrogens with zero attached hydrogens (tertiary/aromatic N) is 1. The van der Waals surface area contributed by atoms with Crippen LogP contribution in [0.1, 0.15) is 58.8 Å². The normalized spacial score (nSPS) is 18.0. The van der Waals surface area contributed by atoms with E-state index in [2.05, 4.69) is 17.2 Å². The molecule has 1 aliphatic heterocycles. The number of hydrogen-bond acceptors (Lipinski definition) is 3. The van der Waals surface area contributed by atoms with Crippen molar-refractivity contribution in [1.82, 2.24) is 15.2 Å². The van der Waals surface area contributed by atoms with E-state index in [0.29, 0.717) is 11.3 Å². The summed E-state index contributed by atoms with van der Waals surface area (Å²) in [4.78, 5) is 29.7. The Bertz CT molecular complexity index is 542. The number of aromatic amines is 1. The Morgan fingerprint density at radius 3 is 2.52 bits per heavy atom. The van der Waals surface area contributed by atoms with Gasteiger partial charge >= 0.3 is 0 Å². The van der Waals surface area contributed by atoms with Crippen molar-refractivity contribution < 1.29 is 9.59 Å². The molecular weight excluding hydrogens is 266 g/mol. The van der Waals surface area contributed by atoms with E-state index in [1.165, 1.54) is 0 Å². The Labute approximate surface area is 126 Å². The second-order valence-corrected chi connectivity index (χ2v) is 5.83. The molecule has 0 bridgehead atoms. The molecule has 0 saturated carbocycles. The second kappa shape index (κ2) is 6.43. The summed E-state index contributed by atoms with van der Waals surface area (Å²) in [7, 11) is 0. The van der Waals surface area contributed by atoms with Gasteiger partial charge in [0.05, 0.1) is 0 Å². The zero-order valence-electron chi connectivity index (χ0n) is 13.4. The predicted octanol–water partition coefficient (Wildman–Crippen LogP) is 2.05. The maximum absolute atomic E-state index is 12.9. The third kappa shape index (κ3) is 3.02. The first-order valence-electron chi connectivity index (χ1n) is 7.69. The van der Waals surface area contributed by atoms with Crippen LogP contribution in [0.15, 0.2) is 0 Å². The van der Waals surface area contributed by atoms with E-state index in [1.807, 2.05) is 18.7 Å². The van der Waals surface area contributed by atoms with Crippen LogP contribution in [0.5, 0.6) is 0 Å². The highest BCUT2D eigenvalue weighted by Crippen LogP contribution is 2.22. The average molecular weight is 291 g/mol. The average Bonchev–Trinajstić information content (AvgIpc) is 3.03. The van der Waals surface area contributed by atoms with Crippen molar-refractivity contribution in [3.63, 3.8) is 0 Å². The number of hydrogen-bond donors (Lipinski definition) is 2. The largest absolute Gasteiger partial charge is 0.354 e. The molecule has 1 saturated heterocycles. The van der Waals surface area contributed by atoms with Crippen molar-refractivity contribution in [2.75, 3.05) is 19.6 Å². The molecule has 1 amide bonds. The molecule has 21 heavy (non-hydrogen) atoms. The maximum Gasteiger partial charge on any atom is 0.270 e. The Morgan fingerprint density at radius 2 is 2.05 bits per heavy atom. The molecule has 1 aliphatic rings. The highest BCUT2D eigenvalue weighted by Gasteiger charge is 2.29. The third-order valence-electron chi connectivity index (χ3n) is 4.20. The number of aryl methyl sites for hydroxylation is 1. The molecule has 2 heterocycles. The van der Waals surface area contributed by atoms with Gasteiger partial charge in [-0.3, -0.25) is 9.59 Å². The summed E-state index contributed by atoms with van der Waals surface area (Å²) < 4.78 is 0. The van der Waals surface area contributed by atoms with Crippen LogP contribution >= 0.6 is 0 Å². The van der Waals surface area contributed by atoms with Crippen LogP contribution in [-0.4, -0.2) is 47.3 Å². The van der Waals surface area contributed by atoms with Gasteiger partial charge in [0.15, 0.2) is 5.78 Å². The molecule has 5 heteroatoms. The van der Waals surface area contributed by atoms with Gasteiger partial charge in [0.25, 0.3) is 5.91 Å². The van der Waals surface area contributed by atoms with E-state index < -0.39 is 0 Å². The molecular formula is C16H25N3O2. The summed E-state index contributed by atoms with van der Waals surface area (Å²) in [5.41, 5.74) is 2.78. The smallest absolute Gasteiger partial charge is 0.270 e. The standard InChI is InChI=1S/C16H25N3O2/c1-5-8-19(13-6-7-17-9-13)16(21)15-10(2)14(12(4)20)11(3)18-15/h13,17-18H,5-9H2,1-4H3. The highest BCUT2D eigenvalue weighted by molar-refractivity contribution is 6.02. The summed E-state index contributed by atoms with van der Waals surface area (Å²) in [6, 6.07) is 0.251. The lowest BCUT2D eigenvalue weighted by atomic mass is 10.1. The van der Waals surface area contributed by atoms with Crippen LogP contribution in [0.3, 0.4) is 0 Å². The number of H-pyrrole nitrogens is 1. The molecule has 5 nitrogen and oxygen atoms in total. The monoisotopic (exact) mass is 291 g/mol. The lowest BCUT2D eigenvalue weighted by Crippen LogP contribution is -2.42. The van der Waals surface area contributed by atoms with Crippen molar-refractivity contribution in [3.05, 3.63) is 22.5 Å². The number of amides is 1. The Kier molecular flexibility index (Phi) is 4.83. The highest BCUT2D eigenvalue weighted by atomic mass is 16.2. The van der Waals surface area contributed by atoms with Gasteiger partial charge in [-0.2, -0.15) is 0 Å². The zero-order valence-corrected chi connectivity index (χ0v) is 13.4. The summed E-state index contributed by atoms with van der Waals surface area (Å²) in [6.07, 6.45) is 1.92. The van der Waals surface area contributed by atoms with Gasteiger partial charge in [-0.05, 0) is 45.7 Å². The van der Waals surface area contributed by atoms with Gasteiger partial charge in [-0.15, -0.1) is 0 Å². The lowest BCUT2D eigenvalue weighted by Gasteiger charge is -2.28. The SMILES string of the molecule is CCCN(C(=O)c1[nH]c(C)c(C(C)=O)c1C)C1CCNC1. The molecule has 1 aromatic heterocycles. The minimum absolute atomic E-state index is 0.00451. The van der Waals surface area contributed by atoms with E-state index in [-0.39, 0.29) is 17.7 Å². The number of carbonyl (C=O) groups excluding carboxylic acids is 2. The van der Waals surface area contributed by atoms with Crippen LogP contribution < -0.4 is 5.32 Å². The van der Waals surface area contributed by atoms with Gasteiger partial charge < -0.3 is 15.2 Å². The van der Waals surface area contributed by atoms with Gasteiger partial charge in [-0.25, -0.2) is 0 Å². The molecule has 0 aromatic carbocycles. The van der Waals surface area contributed by atoms with E-state index in [0.717, 1.165) is 43.7 Å². The third-order valence-corrected chi connectivity index (χ3v) is 4.20. The van der Waals surface area contributed by atoms with Gasteiger partial charge in [0.1, 0.15) is 5.69 Å². The van der Waals surface area contributed by atoms with Crippen molar-refractivity contribution >= 4 is 11.7 Å². The first-order chi connectivity index (χ1) is 9.97. The fraction of sp³-hybridized carbons (Fsp3) is 0.625. The number of ketones is 1. The summed E-state index contributed by atoms with van der Waals surface area (Å²) in [5, 5.41) is 3.31. The lowest BCUT2D eigenvalue weighted by molar-refractivity contribution is 0.0686. The van der Waals surface area contributed by atoms with Crippen molar-refractivity contribution in [2.24, 2.45) is 0 Å². The van der Waals surface area contributed by atoms with Crippen molar-refractivity contribution in [1.29, 1.82) is 0 Å². The maximum atomic E-state index is 12.9. The van der Waals surface area contributed by atoms with E-state index in [4.69, 9.17) is 0 Å². The molecule has 0 aliphatic carbocycles. The van der Waals surface area contributed by atoms with Gasteiger partial charge in [0, 0.05) is 30.4 Å². The summed E-state index contributed by atoms with van der Waals surface area (Å²) >= 11 is 0. The van der Waals surface area contributed by atoms with Crippen molar-refractivity contribution in [3.8, 4) is 0 Å². The number of Topliss-reactive ketones (excluding diaryl/α,β-unsaturated/α-hetero) is 1. The quantitative estimate of drug-likeness (QED) is 0.816. The predicted molar refractivity (Wildman–Crippen MR) is 82.9 cm³/mol. The Morgan fingerprint density at radius 1 is 1.33 bits per heavy atom. The molecule has 0 radical (unpaired) electrons. The van der Waals surface area contributed by atoms with Crippen LogP contribution in [0, 0.1) is 13.8 Å². The summed E-state index contributed by atoms with van der Waals surface area (Å²) in [6.45, 7) is 9.88.